The molecule has 31 heavy (non-hydrogen) atoms. The first-order valence-electron chi connectivity index (χ1n) is 10.3. The lowest BCUT2D eigenvalue weighted by Crippen LogP contribution is -2.30. The number of aryl methyl sites for hydroxylation is 4. The molecule has 0 aliphatic heterocycles. The minimum absolute atomic E-state index is 0.229. The SMILES string of the molecule is Cc1ccc(NC(=O)[C@H](C)Oc2cc(-c3ccccc3)c3c(C)nn(C)c3n2)cc1C. The lowest BCUT2D eigenvalue weighted by atomic mass is 10.0. The fourth-order valence-corrected chi connectivity index (χ4v) is 3.63. The van der Waals surface area contributed by atoms with Gasteiger partial charge in [0.05, 0.1) is 11.1 Å². The van der Waals surface area contributed by atoms with E-state index in [1.54, 1.807) is 11.6 Å². The molecule has 1 N–H and O–H groups in total. The number of anilines is 1. The maximum atomic E-state index is 12.7. The van der Waals surface area contributed by atoms with Gasteiger partial charge in [-0.15, -0.1) is 0 Å². The van der Waals surface area contributed by atoms with E-state index in [0.29, 0.717) is 5.88 Å². The minimum Gasteiger partial charge on any atom is -0.464 e. The van der Waals surface area contributed by atoms with Gasteiger partial charge in [0, 0.05) is 18.8 Å². The van der Waals surface area contributed by atoms with E-state index in [2.05, 4.69) is 15.4 Å². The van der Waals surface area contributed by atoms with Gasteiger partial charge in [0.2, 0.25) is 5.88 Å². The average molecular weight is 415 g/mol. The van der Waals surface area contributed by atoms with Crippen molar-refractivity contribution in [3.63, 3.8) is 0 Å². The molecule has 0 spiro atoms. The van der Waals surface area contributed by atoms with Crippen LogP contribution in [0.15, 0.2) is 54.6 Å². The maximum Gasteiger partial charge on any atom is 0.265 e. The van der Waals surface area contributed by atoms with Crippen LogP contribution in [0.25, 0.3) is 22.2 Å². The van der Waals surface area contributed by atoms with Crippen molar-refractivity contribution < 1.29 is 9.53 Å². The smallest absolute Gasteiger partial charge is 0.265 e. The van der Waals surface area contributed by atoms with Gasteiger partial charge in [0.15, 0.2) is 11.8 Å². The molecule has 0 radical (unpaired) electrons. The number of pyridine rings is 1. The van der Waals surface area contributed by atoms with E-state index in [1.807, 2.05) is 82.4 Å². The van der Waals surface area contributed by atoms with E-state index in [-0.39, 0.29) is 5.91 Å². The second-order valence-corrected chi connectivity index (χ2v) is 7.83. The Balaban J connectivity index is 1.64. The van der Waals surface area contributed by atoms with Crippen molar-refractivity contribution >= 4 is 22.6 Å². The number of rotatable bonds is 5. The number of ether oxygens (including phenoxy) is 1. The molecule has 0 saturated carbocycles. The molecule has 1 amide bonds. The van der Waals surface area contributed by atoms with Crippen LogP contribution in [-0.2, 0) is 11.8 Å². The number of benzene rings is 2. The molecule has 2 heterocycles. The second-order valence-electron chi connectivity index (χ2n) is 7.83. The Kier molecular flexibility index (Phi) is 5.46. The van der Waals surface area contributed by atoms with Crippen LogP contribution in [-0.4, -0.2) is 26.8 Å². The number of aromatic nitrogens is 3. The van der Waals surface area contributed by atoms with Crippen LogP contribution in [0.1, 0.15) is 23.7 Å². The van der Waals surface area contributed by atoms with Crippen molar-refractivity contribution in [3.05, 3.63) is 71.4 Å². The van der Waals surface area contributed by atoms with Crippen LogP contribution >= 0.6 is 0 Å². The summed E-state index contributed by atoms with van der Waals surface area (Å²) >= 11 is 0. The molecule has 0 saturated heterocycles. The molecule has 0 aliphatic carbocycles. The van der Waals surface area contributed by atoms with Gasteiger partial charge in [-0.1, -0.05) is 36.4 Å². The van der Waals surface area contributed by atoms with Gasteiger partial charge in [-0.3, -0.25) is 9.48 Å². The first-order valence-corrected chi connectivity index (χ1v) is 10.3. The van der Waals surface area contributed by atoms with Crippen LogP contribution in [0.4, 0.5) is 5.69 Å². The normalized spacial score (nSPS) is 12.0. The molecular formula is C25H26N4O2. The van der Waals surface area contributed by atoms with Crippen LogP contribution in [0.5, 0.6) is 5.88 Å². The Bertz CT molecular complexity index is 1260. The van der Waals surface area contributed by atoms with Crippen LogP contribution in [0.2, 0.25) is 0 Å². The van der Waals surface area contributed by atoms with Crippen molar-refractivity contribution in [1.82, 2.24) is 14.8 Å². The van der Waals surface area contributed by atoms with Gasteiger partial charge in [-0.2, -0.15) is 10.1 Å². The predicted octanol–water partition coefficient (Wildman–Crippen LogP) is 4.97. The largest absolute Gasteiger partial charge is 0.464 e. The van der Waals surface area contributed by atoms with E-state index in [1.165, 1.54) is 5.56 Å². The molecule has 2 aromatic heterocycles. The van der Waals surface area contributed by atoms with E-state index >= 15 is 0 Å². The lowest BCUT2D eigenvalue weighted by molar-refractivity contribution is -0.122. The molecular weight excluding hydrogens is 388 g/mol. The first kappa shape index (κ1) is 20.6. The molecule has 0 fully saturated rings. The summed E-state index contributed by atoms with van der Waals surface area (Å²) in [5.41, 5.74) is 6.69. The molecule has 158 valence electrons. The standard InChI is InChI=1S/C25H26N4O2/c1-15-11-12-20(13-16(15)2)26-25(30)18(4)31-22-14-21(19-9-7-6-8-10-19)23-17(3)28-29(5)24(23)27-22/h6-14,18H,1-5H3,(H,26,30)/t18-/m0/s1. The zero-order chi connectivity index (χ0) is 22.1. The fraction of sp³-hybridized carbons (Fsp3) is 0.240. The summed E-state index contributed by atoms with van der Waals surface area (Å²) in [6.07, 6.45) is -0.718. The highest BCUT2D eigenvalue weighted by atomic mass is 16.5. The van der Waals surface area contributed by atoms with Gasteiger partial charge >= 0.3 is 0 Å². The monoisotopic (exact) mass is 414 g/mol. The Morgan fingerprint density at radius 1 is 1.03 bits per heavy atom. The van der Waals surface area contributed by atoms with E-state index < -0.39 is 6.10 Å². The van der Waals surface area contributed by atoms with Gasteiger partial charge in [-0.25, -0.2) is 0 Å². The Morgan fingerprint density at radius 3 is 2.48 bits per heavy atom. The summed E-state index contributed by atoms with van der Waals surface area (Å²) in [6.45, 7) is 7.75. The van der Waals surface area contributed by atoms with Crippen molar-refractivity contribution in [1.29, 1.82) is 0 Å². The summed E-state index contributed by atoms with van der Waals surface area (Å²) in [7, 11) is 1.86. The highest BCUT2D eigenvalue weighted by molar-refractivity contribution is 5.96. The molecule has 4 aromatic rings. The van der Waals surface area contributed by atoms with Crippen molar-refractivity contribution in [2.75, 3.05) is 5.32 Å². The van der Waals surface area contributed by atoms with Crippen molar-refractivity contribution in [2.45, 2.75) is 33.8 Å². The molecule has 0 bridgehead atoms. The molecule has 4 rings (SSSR count). The van der Waals surface area contributed by atoms with Crippen LogP contribution in [0.3, 0.4) is 0 Å². The highest BCUT2D eigenvalue weighted by Gasteiger charge is 2.20. The van der Waals surface area contributed by atoms with Gasteiger partial charge in [-0.05, 0) is 62.1 Å². The third-order valence-corrected chi connectivity index (χ3v) is 5.47. The first-order chi connectivity index (χ1) is 14.8. The summed E-state index contributed by atoms with van der Waals surface area (Å²) in [4.78, 5) is 17.4. The Hall–Kier alpha value is -3.67. The van der Waals surface area contributed by atoms with E-state index in [4.69, 9.17) is 4.74 Å². The third kappa shape index (κ3) is 4.14. The molecule has 6 heteroatoms. The maximum absolute atomic E-state index is 12.7. The minimum atomic E-state index is -0.718. The zero-order valence-corrected chi connectivity index (χ0v) is 18.4. The van der Waals surface area contributed by atoms with Crippen molar-refractivity contribution in [2.24, 2.45) is 7.05 Å². The Morgan fingerprint density at radius 2 is 1.77 bits per heavy atom. The van der Waals surface area contributed by atoms with Gasteiger partial charge < -0.3 is 10.1 Å². The number of nitrogens with one attached hydrogen (secondary N) is 1. The van der Waals surface area contributed by atoms with Crippen LogP contribution in [0, 0.1) is 20.8 Å². The third-order valence-electron chi connectivity index (χ3n) is 5.47. The number of carbonyl (C=O) groups excluding carboxylic acids is 1. The number of hydrogen-bond donors (Lipinski definition) is 1. The van der Waals surface area contributed by atoms with Crippen molar-refractivity contribution in [3.8, 4) is 17.0 Å². The molecule has 2 aromatic carbocycles. The number of hydrogen-bond acceptors (Lipinski definition) is 4. The topological polar surface area (TPSA) is 69.0 Å². The molecule has 1 atom stereocenters. The zero-order valence-electron chi connectivity index (χ0n) is 18.4. The number of carbonyl (C=O) groups is 1. The quantitative estimate of drug-likeness (QED) is 0.501. The second kappa shape index (κ2) is 8.22. The molecule has 0 unspecified atom stereocenters. The van der Waals surface area contributed by atoms with Crippen LogP contribution < -0.4 is 10.1 Å². The number of nitrogens with zero attached hydrogens (tertiary/aromatic N) is 3. The number of amides is 1. The van der Waals surface area contributed by atoms with Gasteiger partial charge in [0.1, 0.15) is 0 Å². The van der Waals surface area contributed by atoms with E-state index in [0.717, 1.165) is 39.1 Å². The predicted molar refractivity (Wildman–Crippen MR) is 123 cm³/mol. The van der Waals surface area contributed by atoms with E-state index in [9.17, 15) is 4.79 Å². The summed E-state index contributed by atoms with van der Waals surface area (Å²) in [5.74, 6) is 0.157. The fourth-order valence-electron chi connectivity index (χ4n) is 3.63. The number of fused-ring (bicyclic) bond motifs is 1. The summed E-state index contributed by atoms with van der Waals surface area (Å²) in [5, 5.41) is 8.42. The average Bonchev–Trinajstić information content (AvgIpc) is 3.04. The highest BCUT2D eigenvalue weighted by Crippen LogP contribution is 2.33. The lowest BCUT2D eigenvalue weighted by Gasteiger charge is -2.16. The summed E-state index contributed by atoms with van der Waals surface area (Å²) in [6, 6.07) is 17.8. The van der Waals surface area contributed by atoms with Gasteiger partial charge in [0.25, 0.3) is 5.91 Å². The Labute approximate surface area is 181 Å². The molecule has 6 nitrogen and oxygen atoms in total. The summed E-state index contributed by atoms with van der Waals surface area (Å²) < 4.78 is 7.71. The molecule has 0 aliphatic rings.